The highest BCUT2D eigenvalue weighted by molar-refractivity contribution is 5.90. The fraction of sp³-hybridized carbons (Fsp3) is 0.0182. The van der Waals surface area contributed by atoms with Crippen LogP contribution in [0.25, 0.3) is 44.5 Å². The van der Waals surface area contributed by atoms with Crippen LogP contribution in [0.4, 0.5) is 17.1 Å². The molecule has 0 radical (unpaired) electrons. The summed E-state index contributed by atoms with van der Waals surface area (Å²) in [6, 6.07) is 80.9. The molecule has 0 unspecified atom stereocenters. The lowest BCUT2D eigenvalue weighted by molar-refractivity contribution is 0.436. The summed E-state index contributed by atoms with van der Waals surface area (Å²) < 4.78 is 6.79. The van der Waals surface area contributed by atoms with Gasteiger partial charge in [0.2, 0.25) is 0 Å². The molecule has 1 heterocycles. The van der Waals surface area contributed by atoms with E-state index in [0.717, 1.165) is 39.7 Å². The molecule has 2 aliphatic rings. The fourth-order valence-corrected chi connectivity index (χ4v) is 9.15. The molecule has 2 heteroatoms. The molecule has 0 atom stereocenters. The topological polar surface area (TPSA) is 12.5 Å². The van der Waals surface area contributed by atoms with E-state index >= 15 is 0 Å². The number of benzene rings is 9. The van der Waals surface area contributed by atoms with E-state index in [1.807, 2.05) is 0 Å². The molecule has 2 nitrogen and oxygen atoms in total. The van der Waals surface area contributed by atoms with E-state index in [-0.39, 0.29) is 0 Å². The number of ether oxygens (including phenoxy) is 1. The second kappa shape index (κ2) is 13.4. The monoisotopic (exact) mass is 727 g/mol. The van der Waals surface area contributed by atoms with E-state index in [2.05, 4.69) is 229 Å². The Kier molecular flexibility index (Phi) is 7.75. The van der Waals surface area contributed by atoms with Crippen LogP contribution < -0.4 is 9.64 Å². The molecular weight excluding hydrogens is 691 g/mol. The predicted octanol–water partition coefficient (Wildman–Crippen LogP) is 14.6. The van der Waals surface area contributed by atoms with Crippen LogP contribution in [-0.4, -0.2) is 0 Å². The molecule has 57 heavy (non-hydrogen) atoms. The lowest BCUT2D eigenvalue weighted by Crippen LogP contribution is -2.32. The van der Waals surface area contributed by atoms with Crippen LogP contribution in [0, 0.1) is 0 Å². The highest BCUT2D eigenvalue weighted by Gasteiger charge is 2.51. The van der Waals surface area contributed by atoms with Crippen molar-refractivity contribution >= 4 is 17.1 Å². The number of anilines is 3. The van der Waals surface area contributed by atoms with Crippen molar-refractivity contribution in [2.24, 2.45) is 0 Å². The predicted molar refractivity (Wildman–Crippen MR) is 235 cm³/mol. The van der Waals surface area contributed by atoms with Crippen LogP contribution in [0.15, 0.2) is 224 Å². The summed E-state index contributed by atoms with van der Waals surface area (Å²) in [5, 5.41) is 0. The highest BCUT2D eigenvalue weighted by Crippen LogP contribution is 2.62. The highest BCUT2D eigenvalue weighted by atomic mass is 16.5. The van der Waals surface area contributed by atoms with Crippen molar-refractivity contribution in [3.63, 3.8) is 0 Å². The van der Waals surface area contributed by atoms with Crippen LogP contribution in [0.3, 0.4) is 0 Å². The first kappa shape index (κ1) is 33.0. The van der Waals surface area contributed by atoms with Gasteiger partial charge in [-0.2, -0.15) is 0 Å². The maximum absolute atomic E-state index is 6.79. The molecular formula is C55H37NO. The number of hydrogen-bond donors (Lipinski definition) is 0. The van der Waals surface area contributed by atoms with Crippen molar-refractivity contribution in [3.8, 4) is 56.0 Å². The molecule has 0 saturated carbocycles. The van der Waals surface area contributed by atoms with Gasteiger partial charge in [0.05, 0.1) is 5.41 Å². The second-order valence-corrected chi connectivity index (χ2v) is 14.9. The molecule has 0 amide bonds. The number of hydrogen-bond acceptors (Lipinski definition) is 2. The van der Waals surface area contributed by atoms with E-state index in [4.69, 9.17) is 4.74 Å². The Morgan fingerprint density at radius 1 is 0.281 bits per heavy atom. The smallest absolute Gasteiger partial charge is 0.132 e. The molecule has 0 aromatic heterocycles. The van der Waals surface area contributed by atoms with Gasteiger partial charge in [-0.1, -0.05) is 176 Å². The first-order valence-corrected chi connectivity index (χ1v) is 19.6. The minimum absolute atomic E-state index is 0.550. The van der Waals surface area contributed by atoms with Crippen molar-refractivity contribution in [1.82, 2.24) is 0 Å². The van der Waals surface area contributed by atoms with E-state index < -0.39 is 5.41 Å². The maximum atomic E-state index is 6.79. The van der Waals surface area contributed by atoms with Crippen LogP contribution in [-0.2, 0) is 5.41 Å². The Morgan fingerprint density at radius 3 is 1.16 bits per heavy atom. The molecule has 0 saturated heterocycles. The zero-order valence-electron chi connectivity index (χ0n) is 31.2. The fourth-order valence-electron chi connectivity index (χ4n) is 9.15. The number of fused-ring (bicyclic) bond motifs is 9. The van der Waals surface area contributed by atoms with Gasteiger partial charge in [-0.25, -0.2) is 0 Å². The molecule has 11 rings (SSSR count). The Morgan fingerprint density at radius 2 is 0.649 bits per heavy atom. The summed E-state index contributed by atoms with van der Waals surface area (Å²) in [4.78, 5) is 2.37. The van der Waals surface area contributed by atoms with Gasteiger partial charge in [-0.15, -0.1) is 0 Å². The quantitative estimate of drug-likeness (QED) is 0.169. The van der Waals surface area contributed by atoms with Crippen molar-refractivity contribution in [3.05, 3.63) is 247 Å². The lowest BCUT2D eigenvalue weighted by atomic mass is 9.66. The Labute approximate surface area is 333 Å². The minimum Gasteiger partial charge on any atom is -0.457 e. The zero-order valence-corrected chi connectivity index (χ0v) is 31.2. The van der Waals surface area contributed by atoms with Gasteiger partial charge < -0.3 is 9.64 Å². The SMILES string of the molecule is c1ccc(-c2ccc(-c3ccc(N(c4ccc(-c5ccccc5)cc4)c4ccc5c(c4)C4(c6ccccc6O5)c5ccccc5-c5ccccc54)cc3)cc2)cc1. The van der Waals surface area contributed by atoms with Crippen molar-refractivity contribution in [2.45, 2.75) is 5.41 Å². The van der Waals surface area contributed by atoms with Crippen LogP contribution in [0.5, 0.6) is 11.5 Å². The molecule has 9 aromatic rings. The van der Waals surface area contributed by atoms with Gasteiger partial charge in [0.25, 0.3) is 0 Å². The average molecular weight is 728 g/mol. The average Bonchev–Trinajstić information content (AvgIpc) is 3.58. The molecule has 0 fully saturated rings. The first-order valence-electron chi connectivity index (χ1n) is 19.6. The Bertz CT molecular complexity index is 2850. The molecule has 1 aliphatic carbocycles. The van der Waals surface area contributed by atoms with Crippen molar-refractivity contribution in [2.75, 3.05) is 4.90 Å². The van der Waals surface area contributed by atoms with Crippen molar-refractivity contribution < 1.29 is 4.74 Å². The number of para-hydroxylation sites is 1. The van der Waals surface area contributed by atoms with Crippen LogP contribution >= 0.6 is 0 Å². The van der Waals surface area contributed by atoms with E-state index in [0.29, 0.717) is 0 Å². The second-order valence-electron chi connectivity index (χ2n) is 14.9. The third kappa shape index (κ3) is 5.33. The van der Waals surface area contributed by atoms with E-state index in [1.165, 1.54) is 55.6 Å². The van der Waals surface area contributed by atoms with Gasteiger partial charge in [0.15, 0.2) is 0 Å². The van der Waals surface area contributed by atoms with Crippen molar-refractivity contribution in [1.29, 1.82) is 0 Å². The summed E-state index contributed by atoms with van der Waals surface area (Å²) in [7, 11) is 0. The Balaban J connectivity index is 1.07. The minimum atomic E-state index is -0.550. The number of nitrogens with zero attached hydrogens (tertiary/aromatic N) is 1. The van der Waals surface area contributed by atoms with Gasteiger partial charge in [-0.3, -0.25) is 0 Å². The molecule has 9 aromatic carbocycles. The van der Waals surface area contributed by atoms with E-state index in [1.54, 1.807) is 0 Å². The summed E-state index contributed by atoms with van der Waals surface area (Å²) >= 11 is 0. The molecule has 0 N–H and O–H groups in total. The Hall–Kier alpha value is -7.42. The molecule has 0 bridgehead atoms. The summed E-state index contributed by atoms with van der Waals surface area (Å²) in [5.41, 5.74) is 17.2. The van der Waals surface area contributed by atoms with Gasteiger partial charge in [-0.05, 0) is 104 Å². The molecule has 268 valence electrons. The summed E-state index contributed by atoms with van der Waals surface area (Å²) in [6.07, 6.45) is 0. The van der Waals surface area contributed by atoms with Gasteiger partial charge in [0, 0.05) is 28.2 Å². The first-order chi connectivity index (χ1) is 28.3. The lowest BCUT2D eigenvalue weighted by Gasteiger charge is -2.40. The molecule has 1 spiro atoms. The standard InChI is InChI=1S/C55H37NO/c1-3-13-38(14-4-1)40-23-25-41(26-24-40)43-29-33-45(34-30-43)56(44-31-27-42(28-32-44)39-15-5-2-6-16-39)46-35-36-54-52(37-46)55(51-21-11-12-22-53(51)57-54)49-19-9-7-17-47(49)48-18-8-10-20-50(48)55/h1-37H. The van der Waals surface area contributed by atoms with Gasteiger partial charge >= 0.3 is 0 Å². The zero-order chi connectivity index (χ0) is 37.8. The maximum Gasteiger partial charge on any atom is 0.132 e. The summed E-state index contributed by atoms with van der Waals surface area (Å²) in [5.74, 6) is 1.77. The van der Waals surface area contributed by atoms with Crippen LogP contribution in [0.1, 0.15) is 22.3 Å². The molecule has 1 aliphatic heterocycles. The van der Waals surface area contributed by atoms with Gasteiger partial charge in [0.1, 0.15) is 11.5 Å². The van der Waals surface area contributed by atoms with E-state index in [9.17, 15) is 0 Å². The summed E-state index contributed by atoms with van der Waals surface area (Å²) in [6.45, 7) is 0. The number of rotatable bonds is 6. The largest absolute Gasteiger partial charge is 0.457 e. The van der Waals surface area contributed by atoms with Crippen LogP contribution in [0.2, 0.25) is 0 Å². The third-order valence-electron chi connectivity index (χ3n) is 11.8. The third-order valence-corrected chi connectivity index (χ3v) is 11.8. The normalized spacial score (nSPS) is 12.8.